The van der Waals surface area contributed by atoms with Crippen molar-refractivity contribution in [2.45, 2.75) is 25.1 Å². The van der Waals surface area contributed by atoms with Gasteiger partial charge in [-0.05, 0) is 24.1 Å². The second-order valence-electron chi connectivity index (χ2n) is 4.79. The van der Waals surface area contributed by atoms with E-state index in [1.54, 1.807) is 7.05 Å². The highest BCUT2D eigenvalue weighted by Crippen LogP contribution is 2.13. The highest BCUT2D eigenvalue weighted by molar-refractivity contribution is 5.82. The Morgan fingerprint density at radius 2 is 2.21 bits per heavy atom. The highest BCUT2D eigenvalue weighted by atomic mass is 19.2. The summed E-state index contributed by atoms with van der Waals surface area (Å²) in [6, 6.07) is 3.15. The first kappa shape index (κ1) is 13.9. The number of nitrogens with zero attached hydrogens (tertiary/aromatic N) is 1. The Hall–Kier alpha value is -1.53. The largest absolute Gasteiger partial charge is 0.392 e. The van der Waals surface area contributed by atoms with E-state index in [1.807, 2.05) is 0 Å². The van der Waals surface area contributed by atoms with Gasteiger partial charge in [0, 0.05) is 20.1 Å². The average Bonchev–Trinajstić information content (AvgIpc) is 2.79. The Morgan fingerprint density at radius 3 is 2.79 bits per heavy atom. The molecular formula is C13H16F2N2O2. The summed E-state index contributed by atoms with van der Waals surface area (Å²) < 4.78 is 25.8. The number of nitrogens with one attached hydrogen (secondary N) is 1. The van der Waals surface area contributed by atoms with Gasteiger partial charge in [0.2, 0.25) is 5.91 Å². The first-order valence-electron chi connectivity index (χ1n) is 6.07. The molecule has 1 aromatic carbocycles. The topological polar surface area (TPSA) is 52.6 Å². The number of rotatable bonds is 3. The molecule has 2 N–H and O–H groups in total. The van der Waals surface area contributed by atoms with Crippen molar-refractivity contribution >= 4 is 5.91 Å². The van der Waals surface area contributed by atoms with Crippen LogP contribution in [0.3, 0.4) is 0 Å². The molecule has 4 nitrogen and oxygen atoms in total. The Kier molecular flexibility index (Phi) is 4.11. The number of hydrogen-bond donors (Lipinski definition) is 2. The molecule has 2 atom stereocenters. The third-order valence-corrected chi connectivity index (χ3v) is 3.19. The summed E-state index contributed by atoms with van der Waals surface area (Å²) in [6.07, 6.45) is -0.133. The molecule has 1 amide bonds. The van der Waals surface area contributed by atoms with E-state index in [0.717, 1.165) is 12.1 Å². The summed E-state index contributed by atoms with van der Waals surface area (Å²) in [6.45, 7) is 0.597. The van der Waals surface area contributed by atoms with Crippen LogP contribution < -0.4 is 5.32 Å². The molecular weight excluding hydrogens is 254 g/mol. The average molecular weight is 270 g/mol. The number of carbonyl (C=O) groups is 1. The van der Waals surface area contributed by atoms with E-state index in [4.69, 9.17) is 0 Å². The number of carbonyl (C=O) groups excluding carboxylic acids is 1. The van der Waals surface area contributed by atoms with Crippen molar-refractivity contribution in [2.24, 2.45) is 0 Å². The summed E-state index contributed by atoms with van der Waals surface area (Å²) in [7, 11) is 1.59. The van der Waals surface area contributed by atoms with Crippen LogP contribution in [-0.4, -0.2) is 41.7 Å². The number of benzene rings is 1. The van der Waals surface area contributed by atoms with Crippen LogP contribution in [0.5, 0.6) is 0 Å². The zero-order chi connectivity index (χ0) is 14.0. The van der Waals surface area contributed by atoms with Crippen LogP contribution in [0, 0.1) is 11.6 Å². The highest BCUT2D eigenvalue weighted by Gasteiger charge is 2.30. The molecule has 0 aromatic heterocycles. The molecule has 0 aliphatic carbocycles. The van der Waals surface area contributed by atoms with Gasteiger partial charge < -0.3 is 15.3 Å². The van der Waals surface area contributed by atoms with Gasteiger partial charge in [-0.2, -0.15) is 0 Å². The fourth-order valence-electron chi connectivity index (χ4n) is 2.16. The Bertz CT molecular complexity index is 482. The molecule has 1 aliphatic heterocycles. The standard InChI is InChI=1S/C13H16F2N2O2/c1-17(13(19)12-5-9(18)6-16-12)7-8-2-3-10(14)11(15)4-8/h2-4,9,12,16,18H,5-7H2,1H3/t9-,12-/m1/s1. The van der Waals surface area contributed by atoms with E-state index in [1.165, 1.54) is 11.0 Å². The van der Waals surface area contributed by atoms with Crippen molar-refractivity contribution in [2.75, 3.05) is 13.6 Å². The Labute approximate surface area is 110 Å². The third kappa shape index (κ3) is 3.27. The van der Waals surface area contributed by atoms with Gasteiger partial charge in [-0.15, -0.1) is 0 Å². The maximum atomic E-state index is 13.1. The van der Waals surface area contributed by atoms with Gasteiger partial charge in [-0.25, -0.2) is 8.78 Å². The SMILES string of the molecule is CN(Cc1ccc(F)c(F)c1)C(=O)[C@H]1C[C@@H](O)CN1. The van der Waals surface area contributed by atoms with Crippen molar-refractivity contribution in [1.29, 1.82) is 0 Å². The maximum Gasteiger partial charge on any atom is 0.239 e. The van der Waals surface area contributed by atoms with E-state index in [9.17, 15) is 18.7 Å². The van der Waals surface area contributed by atoms with Crippen molar-refractivity contribution < 1.29 is 18.7 Å². The van der Waals surface area contributed by atoms with Crippen LogP contribution in [0.15, 0.2) is 18.2 Å². The van der Waals surface area contributed by atoms with Crippen LogP contribution in [0.25, 0.3) is 0 Å². The van der Waals surface area contributed by atoms with Crippen LogP contribution in [0.4, 0.5) is 8.78 Å². The predicted octanol–water partition coefficient (Wildman–Crippen LogP) is 0.646. The van der Waals surface area contributed by atoms with Gasteiger partial charge in [-0.3, -0.25) is 4.79 Å². The molecule has 104 valence electrons. The summed E-state index contributed by atoms with van der Waals surface area (Å²) in [5.74, 6) is -1.99. The zero-order valence-corrected chi connectivity index (χ0v) is 10.6. The second kappa shape index (κ2) is 5.63. The van der Waals surface area contributed by atoms with Gasteiger partial charge in [0.15, 0.2) is 11.6 Å². The molecule has 2 rings (SSSR count). The Morgan fingerprint density at radius 1 is 1.47 bits per heavy atom. The smallest absolute Gasteiger partial charge is 0.239 e. The van der Waals surface area contributed by atoms with Crippen molar-refractivity contribution in [3.63, 3.8) is 0 Å². The zero-order valence-electron chi connectivity index (χ0n) is 10.6. The molecule has 1 saturated heterocycles. The number of aliphatic hydroxyl groups excluding tert-OH is 1. The number of aliphatic hydroxyl groups is 1. The quantitative estimate of drug-likeness (QED) is 0.848. The minimum Gasteiger partial charge on any atom is -0.392 e. The van der Waals surface area contributed by atoms with Crippen LogP contribution >= 0.6 is 0 Å². The predicted molar refractivity (Wildman–Crippen MR) is 65.2 cm³/mol. The second-order valence-corrected chi connectivity index (χ2v) is 4.79. The molecule has 1 fully saturated rings. The fourth-order valence-corrected chi connectivity index (χ4v) is 2.16. The lowest BCUT2D eigenvalue weighted by atomic mass is 10.1. The number of hydrogen-bond acceptors (Lipinski definition) is 3. The first-order valence-corrected chi connectivity index (χ1v) is 6.07. The normalized spacial score (nSPS) is 22.5. The summed E-state index contributed by atoms with van der Waals surface area (Å²) in [5, 5.41) is 12.3. The monoisotopic (exact) mass is 270 g/mol. The van der Waals surface area contributed by atoms with E-state index < -0.39 is 23.8 Å². The van der Waals surface area contributed by atoms with Crippen molar-refractivity contribution in [3.8, 4) is 0 Å². The number of amides is 1. The van der Waals surface area contributed by atoms with E-state index in [-0.39, 0.29) is 12.5 Å². The number of likely N-dealkylation sites (N-methyl/N-ethyl adjacent to an activating group) is 1. The van der Waals surface area contributed by atoms with E-state index >= 15 is 0 Å². The van der Waals surface area contributed by atoms with Crippen molar-refractivity contribution in [1.82, 2.24) is 10.2 Å². The summed E-state index contributed by atoms with van der Waals surface area (Å²) in [5.41, 5.74) is 0.522. The lowest BCUT2D eigenvalue weighted by Crippen LogP contribution is -2.41. The van der Waals surface area contributed by atoms with Crippen LogP contribution in [0.2, 0.25) is 0 Å². The molecule has 0 unspecified atom stereocenters. The number of halogens is 2. The molecule has 1 aliphatic rings. The molecule has 0 saturated carbocycles. The molecule has 0 spiro atoms. The Balaban J connectivity index is 1.98. The molecule has 1 heterocycles. The van der Waals surface area contributed by atoms with Gasteiger partial charge in [0.05, 0.1) is 12.1 Å². The van der Waals surface area contributed by atoms with Crippen LogP contribution in [0.1, 0.15) is 12.0 Å². The third-order valence-electron chi connectivity index (χ3n) is 3.19. The van der Waals surface area contributed by atoms with Gasteiger partial charge in [0.25, 0.3) is 0 Å². The van der Waals surface area contributed by atoms with Gasteiger partial charge in [0.1, 0.15) is 0 Å². The van der Waals surface area contributed by atoms with Crippen molar-refractivity contribution in [3.05, 3.63) is 35.4 Å². The van der Waals surface area contributed by atoms with E-state index in [2.05, 4.69) is 5.32 Å². The molecule has 0 radical (unpaired) electrons. The minimum absolute atomic E-state index is 0.165. The van der Waals surface area contributed by atoms with E-state index in [0.29, 0.717) is 18.5 Å². The maximum absolute atomic E-state index is 13.1. The molecule has 1 aromatic rings. The summed E-state index contributed by atoms with van der Waals surface area (Å²) >= 11 is 0. The summed E-state index contributed by atoms with van der Waals surface area (Å²) in [4.78, 5) is 13.5. The molecule has 19 heavy (non-hydrogen) atoms. The van der Waals surface area contributed by atoms with Gasteiger partial charge >= 0.3 is 0 Å². The first-order chi connectivity index (χ1) is 8.97. The fraction of sp³-hybridized carbons (Fsp3) is 0.462. The molecule has 0 bridgehead atoms. The lowest BCUT2D eigenvalue weighted by Gasteiger charge is -2.21. The molecule has 6 heteroatoms. The van der Waals surface area contributed by atoms with Crippen LogP contribution in [-0.2, 0) is 11.3 Å². The minimum atomic E-state index is -0.923. The lowest BCUT2D eigenvalue weighted by molar-refractivity contribution is -0.132. The number of β-amino-alcohol motifs (C(OH)–C–C–N with tert-alkyl or cyclic N) is 1. The van der Waals surface area contributed by atoms with Gasteiger partial charge in [-0.1, -0.05) is 6.07 Å².